The molecule has 0 radical (unpaired) electrons. The molecule has 0 amide bonds. The number of rotatable bonds is 4. The molecule has 0 bridgehead atoms. The quantitative estimate of drug-likeness (QED) is 0.795. The lowest BCUT2D eigenvalue weighted by atomic mass is 10.2. The average Bonchev–Trinajstić information content (AvgIpc) is 3.28. The van der Waals surface area contributed by atoms with Gasteiger partial charge < -0.3 is 5.11 Å². The van der Waals surface area contributed by atoms with Crippen LogP contribution in [0.3, 0.4) is 0 Å². The molecule has 1 atom stereocenters. The Morgan fingerprint density at radius 2 is 2.18 bits per heavy atom. The number of hydrogen-bond donors (Lipinski definition) is 1. The van der Waals surface area contributed by atoms with E-state index in [1.807, 2.05) is 6.92 Å². The van der Waals surface area contributed by atoms with Gasteiger partial charge in [-0.2, -0.15) is 4.52 Å². The maximum absolute atomic E-state index is 10.7. The van der Waals surface area contributed by atoms with E-state index >= 15 is 0 Å². The van der Waals surface area contributed by atoms with E-state index in [-0.39, 0.29) is 11.9 Å². The maximum Gasteiger partial charge on any atom is 0.230 e. The molecule has 1 aliphatic heterocycles. The van der Waals surface area contributed by atoms with Gasteiger partial charge in [-0.3, -0.25) is 4.90 Å². The molecule has 7 heteroatoms. The molecule has 3 aromatic rings. The van der Waals surface area contributed by atoms with Crippen LogP contribution in [0.4, 0.5) is 0 Å². The molecule has 1 fully saturated rings. The summed E-state index contributed by atoms with van der Waals surface area (Å²) in [7, 11) is 0. The fraction of sp³-hybridized carbons (Fsp3) is 0.467. The van der Waals surface area contributed by atoms with Crippen molar-refractivity contribution in [3.63, 3.8) is 0 Å². The van der Waals surface area contributed by atoms with Gasteiger partial charge in [0.05, 0.1) is 10.9 Å². The molecule has 1 N–H and O–H groups in total. The van der Waals surface area contributed by atoms with Crippen LogP contribution in [0.1, 0.15) is 41.4 Å². The van der Waals surface area contributed by atoms with Gasteiger partial charge in [0.2, 0.25) is 10.8 Å². The fourth-order valence-corrected chi connectivity index (χ4v) is 5.11. The Morgan fingerprint density at radius 3 is 2.82 bits per heavy atom. The monoisotopic (exact) mass is 334 g/mol. The minimum atomic E-state index is 0.126. The van der Waals surface area contributed by atoms with Crippen LogP contribution in [-0.2, 0) is 6.42 Å². The maximum atomic E-state index is 10.7. The van der Waals surface area contributed by atoms with E-state index < -0.39 is 0 Å². The molecule has 22 heavy (non-hydrogen) atoms. The normalized spacial score (nSPS) is 17.5. The zero-order chi connectivity index (χ0) is 15.1. The third kappa shape index (κ3) is 2.24. The van der Waals surface area contributed by atoms with Crippen molar-refractivity contribution in [1.29, 1.82) is 0 Å². The number of aromatic hydroxyl groups is 1. The predicted molar refractivity (Wildman–Crippen MR) is 88.9 cm³/mol. The summed E-state index contributed by atoms with van der Waals surface area (Å²) >= 11 is 3.30. The molecule has 0 spiro atoms. The SMILES string of the molecule is CCc1nc2sc([C@H](c3cccs3)N3CCCC3)c(O)n2n1. The lowest BCUT2D eigenvalue weighted by Crippen LogP contribution is -2.25. The third-order valence-electron chi connectivity index (χ3n) is 4.13. The van der Waals surface area contributed by atoms with Gasteiger partial charge in [-0.25, -0.2) is 4.98 Å². The Hall–Kier alpha value is -1.44. The van der Waals surface area contributed by atoms with Gasteiger partial charge in [0.15, 0.2) is 5.82 Å². The molecule has 4 heterocycles. The smallest absolute Gasteiger partial charge is 0.230 e. The molecule has 0 unspecified atom stereocenters. The average molecular weight is 334 g/mol. The predicted octanol–water partition coefficient (Wildman–Crippen LogP) is 3.31. The number of aryl methyl sites for hydroxylation is 1. The van der Waals surface area contributed by atoms with Gasteiger partial charge in [-0.1, -0.05) is 24.3 Å². The first-order valence-corrected chi connectivity index (χ1v) is 9.32. The molecule has 4 rings (SSSR count). The van der Waals surface area contributed by atoms with Gasteiger partial charge >= 0.3 is 0 Å². The van der Waals surface area contributed by atoms with Gasteiger partial charge in [0.25, 0.3) is 0 Å². The Labute approximate surface area is 136 Å². The molecule has 1 saturated heterocycles. The zero-order valence-electron chi connectivity index (χ0n) is 12.4. The van der Waals surface area contributed by atoms with Gasteiger partial charge in [-0.05, 0) is 37.4 Å². The van der Waals surface area contributed by atoms with E-state index in [0.29, 0.717) is 0 Å². The largest absolute Gasteiger partial charge is 0.492 e. The first-order chi connectivity index (χ1) is 10.8. The second kappa shape index (κ2) is 5.64. The van der Waals surface area contributed by atoms with Crippen LogP contribution in [0.15, 0.2) is 17.5 Å². The highest BCUT2D eigenvalue weighted by Gasteiger charge is 2.31. The zero-order valence-corrected chi connectivity index (χ0v) is 14.0. The number of hydrogen-bond acceptors (Lipinski definition) is 6. The summed E-state index contributed by atoms with van der Waals surface area (Å²) in [5, 5.41) is 17.2. The van der Waals surface area contributed by atoms with Crippen molar-refractivity contribution in [2.24, 2.45) is 0 Å². The Kier molecular flexibility index (Phi) is 3.63. The summed E-state index contributed by atoms with van der Waals surface area (Å²) in [6.07, 6.45) is 3.23. The molecule has 5 nitrogen and oxygen atoms in total. The highest BCUT2D eigenvalue weighted by atomic mass is 32.1. The Balaban J connectivity index is 1.81. The minimum Gasteiger partial charge on any atom is -0.492 e. The van der Waals surface area contributed by atoms with Crippen molar-refractivity contribution < 1.29 is 5.11 Å². The van der Waals surface area contributed by atoms with Gasteiger partial charge in [-0.15, -0.1) is 16.4 Å². The van der Waals surface area contributed by atoms with E-state index in [1.165, 1.54) is 17.7 Å². The summed E-state index contributed by atoms with van der Waals surface area (Å²) < 4.78 is 1.59. The van der Waals surface area contributed by atoms with Crippen molar-refractivity contribution in [2.45, 2.75) is 32.2 Å². The van der Waals surface area contributed by atoms with E-state index in [4.69, 9.17) is 0 Å². The van der Waals surface area contributed by atoms with Crippen molar-refractivity contribution in [3.8, 4) is 5.88 Å². The summed E-state index contributed by atoms with van der Waals surface area (Å²) in [5.41, 5.74) is 0. The Morgan fingerprint density at radius 1 is 1.36 bits per heavy atom. The number of fused-ring (bicyclic) bond motifs is 1. The van der Waals surface area contributed by atoms with Crippen molar-refractivity contribution in [1.82, 2.24) is 19.5 Å². The van der Waals surface area contributed by atoms with Crippen LogP contribution < -0.4 is 0 Å². The van der Waals surface area contributed by atoms with E-state index in [9.17, 15) is 5.11 Å². The van der Waals surface area contributed by atoms with E-state index in [2.05, 4.69) is 32.5 Å². The molecule has 0 aromatic carbocycles. The summed E-state index contributed by atoms with van der Waals surface area (Å²) in [4.78, 5) is 9.97. The third-order valence-corrected chi connectivity index (χ3v) is 6.12. The molecule has 0 saturated carbocycles. The molecule has 1 aliphatic rings. The van der Waals surface area contributed by atoms with E-state index in [0.717, 1.165) is 35.2 Å². The summed E-state index contributed by atoms with van der Waals surface area (Å²) in [5.74, 6) is 1.03. The van der Waals surface area contributed by atoms with Crippen molar-refractivity contribution >= 4 is 27.6 Å². The van der Waals surface area contributed by atoms with Crippen LogP contribution in [-0.4, -0.2) is 37.7 Å². The standard InChI is InChI=1S/C15H18N4OS2/c1-2-11-16-15-19(17-11)14(20)13(22-15)12(10-6-5-9-21-10)18-7-3-4-8-18/h5-6,9,12,20H,2-4,7-8H2,1H3/t12-/m0/s1. The number of thiophene rings is 1. The Bertz CT molecular complexity index is 771. The number of aromatic nitrogens is 3. The van der Waals surface area contributed by atoms with E-state index in [1.54, 1.807) is 27.2 Å². The first kappa shape index (κ1) is 14.2. The van der Waals surface area contributed by atoms with Crippen LogP contribution in [0.5, 0.6) is 5.88 Å². The highest BCUT2D eigenvalue weighted by molar-refractivity contribution is 7.17. The van der Waals surface area contributed by atoms with Crippen LogP contribution in [0.25, 0.3) is 4.96 Å². The lowest BCUT2D eigenvalue weighted by Gasteiger charge is -2.25. The van der Waals surface area contributed by atoms with Crippen LogP contribution in [0.2, 0.25) is 0 Å². The molecule has 0 aliphatic carbocycles. The van der Waals surface area contributed by atoms with Crippen LogP contribution >= 0.6 is 22.7 Å². The fourth-order valence-electron chi connectivity index (χ4n) is 3.04. The molecule has 3 aromatic heterocycles. The summed E-state index contributed by atoms with van der Waals surface area (Å²) in [6.45, 7) is 4.18. The van der Waals surface area contributed by atoms with Crippen LogP contribution in [0, 0.1) is 0 Å². The first-order valence-electron chi connectivity index (χ1n) is 7.62. The second-order valence-corrected chi connectivity index (χ2v) is 7.52. The van der Waals surface area contributed by atoms with Gasteiger partial charge in [0, 0.05) is 11.3 Å². The van der Waals surface area contributed by atoms with Gasteiger partial charge in [0.1, 0.15) is 0 Å². The highest BCUT2D eigenvalue weighted by Crippen LogP contribution is 2.42. The topological polar surface area (TPSA) is 53.7 Å². The van der Waals surface area contributed by atoms with Crippen molar-refractivity contribution in [3.05, 3.63) is 33.1 Å². The molecular formula is C15H18N4OS2. The molecular weight excluding hydrogens is 316 g/mol. The number of likely N-dealkylation sites (tertiary alicyclic amines) is 1. The number of nitrogens with zero attached hydrogens (tertiary/aromatic N) is 4. The minimum absolute atomic E-state index is 0.126. The lowest BCUT2D eigenvalue weighted by molar-refractivity contribution is 0.280. The summed E-state index contributed by atoms with van der Waals surface area (Å²) in [6, 6.07) is 4.35. The molecule has 116 valence electrons. The second-order valence-electron chi connectivity index (χ2n) is 5.53. The van der Waals surface area contributed by atoms with Crippen molar-refractivity contribution in [2.75, 3.05) is 13.1 Å². The number of thiazole rings is 1.